The number of benzene rings is 1. The smallest absolute Gasteiger partial charge is 0.325 e. The Morgan fingerprint density at radius 2 is 2.11 bits per heavy atom. The van der Waals surface area contributed by atoms with Crippen molar-refractivity contribution in [3.05, 3.63) is 35.4 Å². The maximum absolute atomic E-state index is 12.9. The van der Waals surface area contributed by atoms with Crippen LogP contribution in [-0.4, -0.2) is 35.3 Å². The molecule has 0 radical (unpaired) electrons. The quantitative estimate of drug-likeness (QED) is 0.794. The zero-order valence-electron chi connectivity index (χ0n) is 15.6. The van der Waals surface area contributed by atoms with Crippen molar-refractivity contribution in [1.29, 1.82) is 5.26 Å². The second-order valence-electron chi connectivity index (χ2n) is 7.57. The Hall–Kier alpha value is -2.88. The predicted octanol–water partition coefficient (Wildman–Crippen LogP) is 2.02. The van der Waals surface area contributed by atoms with Crippen molar-refractivity contribution in [2.45, 2.75) is 51.1 Å². The third-order valence-corrected chi connectivity index (χ3v) is 5.60. The van der Waals surface area contributed by atoms with Gasteiger partial charge in [0.25, 0.3) is 5.91 Å². The first kappa shape index (κ1) is 18.9. The molecule has 4 amide bonds. The number of amides is 4. The van der Waals surface area contributed by atoms with Crippen LogP contribution in [0, 0.1) is 17.2 Å². The van der Waals surface area contributed by atoms with Gasteiger partial charge in [-0.15, -0.1) is 0 Å². The van der Waals surface area contributed by atoms with Crippen LogP contribution < -0.4 is 10.6 Å². The molecule has 1 heterocycles. The molecule has 2 N–H and O–H groups in total. The molecule has 2 aliphatic rings. The summed E-state index contributed by atoms with van der Waals surface area (Å²) >= 11 is 0. The van der Waals surface area contributed by atoms with E-state index < -0.39 is 17.5 Å². The van der Waals surface area contributed by atoms with Crippen LogP contribution in [0.15, 0.2) is 24.3 Å². The molecule has 142 valence electrons. The first-order chi connectivity index (χ1) is 12.8. The molecule has 2 fully saturated rings. The summed E-state index contributed by atoms with van der Waals surface area (Å²) in [4.78, 5) is 38.6. The van der Waals surface area contributed by atoms with Gasteiger partial charge in [-0.3, -0.25) is 14.5 Å². The Bertz CT molecular complexity index is 816. The Morgan fingerprint density at radius 3 is 2.81 bits per heavy atom. The van der Waals surface area contributed by atoms with E-state index in [2.05, 4.69) is 17.6 Å². The van der Waals surface area contributed by atoms with Crippen LogP contribution in [0.4, 0.5) is 4.79 Å². The Kier molecular flexibility index (Phi) is 5.17. The summed E-state index contributed by atoms with van der Waals surface area (Å²) in [6.45, 7) is 3.39. The predicted molar refractivity (Wildman–Crippen MR) is 98.3 cm³/mol. The third kappa shape index (κ3) is 3.65. The molecule has 7 nitrogen and oxygen atoms in total. The molecule has 7 heteroatoms. The summed E-state index contributed by atoms with van der Waals surface area (Å²) in [5, 5.41) is 14.7. The van der Waals surface area contributed by atoms with E-state index in [-0.39, 0.29) is 18.5 Å². The normalized spacial score (nSPS) is 27.8. The topological polar surface area (TPSA) is 102 Å². The maximum atomic E-state index is 12.9. The Balaban J connectivity index is 1.72. The van der Waals surface area contributed by atoms with Crippen molar-refractivity contribution < 1.29 is 14.4 Å². The highest BCUT2D eigenvalue weighted by Crippen LogP contribution is 2.29. The number of hydrogen-bond donors (Lipinski definition) is 2. The summed E-state index contributed by atoms with van der Waals surface area (Å²) in [5.41, 5.74) is -0.371. The molecule has 27 heavy (non-hydrogen) atoms. The van der Waals surface area contributed by atoms with E-state index >= 15 is 0 Å². The fourth-order valence-corrected chi connectivity index (χ4v) is 3.86. The lowest BCUT2D eigenvalue weighted by atomic mass is 9.86. The van der Waals surface area contributed by atoms with Gasteiger partial charge in [0, 0.05) is 6.04 Å². The van der Waals surface area contributed by atoms with Crippen molar-refractivity contribution in [2.24, 2.45) is 5.92 Å². The van der Waals surface area contributed by atoms with E-state index in [9.17, 15) is 14.4 Å². The van der Waals surface area contributed by atoms with Gasteiger partial charge >= 0.3 is 6.03 Å². The number of nitrogens with one attached hydrogen (secondary N) is 2. The van der Waals surface area contributed by atoms with Crippen LogP contribution >= 0.6 is 0 Å². The van der Waals surface area contributed by atoms with E-state index in [0.717, 1.165) is 24.2 Å². The van der Waals surface area contributed by atoms with Gasteiger partial charge in [-0.1, -0.05) is 31.9 Å². The minimum absolute atomic E-state index is 0.0886. The lowest BCUT2D eigenvalue weighted by Gasteiger charge is -2.30. The summed E-state index contributed by atoms with van der Waals surface area (Å²) in [6.07, 6.45) is 4.24. The standard InChI is InChI=1S/C20H24N4O3/c1-13-6-3-4-9-16(13)22-17(25)12-24-18(26)20(2,23-19(24)27)15-8-5-7-14(10-15)11-21/h5,7-8,10,13,16H,3-4,6,9,12H2,1-2H3,(H,22,25)(H,23,27)/t13-,16+,20+/m1/s1. The molecule has 3 atom stereocenters. The molecule has 0 unspecified atom stereocenters. The molecule has 1 aromatic carbocycles. The van der Waals surface area contributed by atoms with Crippen LogP contribution in [0.3, 0.4) is 0 Å². The van der Waals surface area contributed by atoms with Crippen molar-refractivity contribution in [3.63, 3.8) is 0 Å². The monoisotopic (exact) mass is 368 g/mol. The van der Waals surface area contributed by atoms with Gasteiger partial charge < -0.3 is 10.6 Å². The first-order valence-electron chi connectivity index (χ1n) is 9.29. The Morgan fingerprint density at radius 1 is 1.37 bits per heavy atom. The molecule has 1 aliphatic carbocycles. The number of nitriles is 1. The summed E-state index contributed by atoms with van der Waals surface area (Å²) in [5.74, 6) is -0.425. The SMILES string of the molecule is C[C@@H]1CCCC[C@@H]1NC(=O)CN1C(=O)N[C@@](C)(c2cccc(C#N)c2)C1=O. The molecule has 0 bridgehead atoms. The van der Waals surface area contributed by atoms with Crippen molar-refractivity contribution >= 4 is 17.8 Å². The highest BCUT2D eigenvalue weighted by Gasteiger charge is 2.49. The second kappa shape index (κ2) is 7.39. The lowest BCUT2D eigenvalue weighted by molar-refractivity contribution is -0.135. The molecular weight excluding hydrogens is 344 g/mol. The second-order valence-corrected chi connectivity index (χ2v) is 7.57. The molecule has 1 saturated carbocycles. The van der Waals surface area contributed by atoms with Gasteiger partial charge in [0.2, 0.25) is 5.91 Å². The number of hydrogen-bond acceptors (Lipinski definition) is 4. The third-order valence-electron chi connectivity index (χ3n) is 5.60. The molecule has 0 spiro atoms. The van der Waals surface area contributed by atoms with Crippen LogP contribution in [0.5, 0.6) is 0 Å². The van der Waals surface area contributed by atoms with Gasteiger partial charge in [0.1, 0.15) is 12.1 Å². The van der Waals surface area contributed by atoms with Gasteiger partial charge in [-0.05, 0) is 43.4 Å². The molecular formula is C20H24N4O3. The number of rotatable bonds is 4. The van der Waals surface area contributed by atoms with Crippen LogP contribution in [0.25, 0.3) is 0 Å². The number of nitrogens with zero attached hydrogens (tertiary/aromatic N) is 2. The fraction of sp³-hybridized carbons (Fsp3) is 0.500. The van der Waals surface area contributed by atoms with E-state index in [0.29, 0.717) is 17.0 Å². The van der Waals surface area contributed by atoms with E-state index in [1.54, 1.807) is 31.2 Å². The van der Waals surface area contributed by atoms with Crippen LogP contribution in [0.2, 0.25) is 0 Å². The summed E-state index contributed by atoms with van der Waals surface area (Å²) in [7, 11) is 0. The molecule has 3 rings (SSSR count). The number of urea groups is 1. The minimum atomic E-state index is -1.29. The van der Waals surface area contributed by atoms with E-state index in [1.165, 1.54) is 6.42 Å². The van der Waals surface area contributed by atoms with Gasteiger partial charge in [-0.2, -0.15) is 5.26 Å². The summed E-state index contributed by atoms with van der Waals surface area (Å²) < 4.78 is 0. The molecule has 0 aromatic heterocycles. The van der Waals surface area contributed by atoms with Crippen molar-refractivity contribution in [1.82, 2.24) is 15.5 Å². The highest BCUT2D eigenvalue weighted by molar-refractivity contribution is 6.09. The zero-order chi connectivity index (χ0) is 19.6. The van der Waals surface area contributed by atoms with Gasteiger partial charge in [0.05, 0.1) is 11.6 Å². The average Bonchev–Trinajstić information content (AvgIpc) is 2.88. The highest BCUT2D eigenvalue weighted by atomic mass is 16.2. The van der Waals surface area contributed by atoms with E-state index in [4.69, 9.17) is 5.26 Å². The summed E-state index contributed by atoms with van der Waals surface area (Å²) in [6, 6.07) is 8.07. The maximum Gasteiger partial charge on any atom is 0.325 e. The number of imide groups is 1. The van der Waals surface area contributed by atoms with Crippen molar-refractivity contribution in [2.75, 3.05) is 6.54 Å². The fourth-order valence-electron chi connectivity index (χ4n) is 3.86. The van der Waals surface area contributed by atoms with E-state index in [1.807, 2.05) is 6.07 Å². The van der Waals surface area contributed by atoms with Gasteiger partial charge in [0.15, 0.2) is 0 Å². The number of carbonyl (C=O) groups excluding carboxylic acids is 3. The molecule has 1 aromatic rings. The van der Waals surface area contributed by atoms with Crippen LogP contribution in [0.1, 0.15) is 50.7 Å². The number of carbonyl (C=O) groups is 3. The van der Waals surface area contributed by atoms with Crippen LogP contribution in [-0.2, 0) is 15.1 Å². The first-order valence-corrected chi connectivity index (χ1v) is 9.29. The van der Waals surface area contributed by atoms with Crippen molar-refractivity contribution in [3.8, 4) is 6.07 Å². The van der Waals surface area contributed by atoms with Gasteiger partial charge in [-0.25, -0.2) is 4.79 Å². The molecule has 1 saturated heterocycles. The largest absolute Gasteiger partial charge is 0.352 e. The lowest BCUT2D eigenvalue weighted by Crippen LogP contribution is -2.47. The molecule has 1 aliphatic heterocycles. The minimum Gasteiger partial charge on any atom is -0.352 e. The Labute approximate surface area is 158 Å². The zero-order valence-corrected chi connectivity index (χ0v) is 15.6. The average molecular weight is 368 g/mol.